The third-order valence-corrected chi connectivity index (χ3v) is 5.79. The number of rotatable bonds is 6. The van der Waals surface area contributed by atoms with Crippen LogP contribution in [0.1, 0.15) is 52.0 Å². The summed E-state index contributed by atoms with van der Waals surface area (Å²) in [5, 5.41) is 14.2. The van der Waals surface area contributed by atoms with Crippen LogP contribution in [0.25, 0.3) is 0 Å². The van der Waals surface area contributed by atoms with Crippen LogP contribution in [-0.4, -0.2) is 65.1 Å². The van der Waals surface area contributed by atoms with Crippen LogP contribution in [0.15, 0.2) is 29.3 Å². The SMILES string of the molecule is CN=C(NCc1ccc([N+](=O)[O-])cc1)N1CCC(N(CC2CC2)C(=O)OC(C)(C)C)CC1. The highest BCUT2D eigenvalue weighted by atomic mass is 16.6. The summed E-state index contributed by atoms with van der Waals surface area (Å²) in [6, 6.07) is 6.70. The predicted octanol–water partition coefficient (Wildman–Crippen LogP) is 3.78. The van der Waals surface area contributed by atoms with Gasteiger partial charge in [-0.1, -0.05) is 12.1 Å². The summed E-state index contributed by atoms with van der Waals surface area (Å²) >= 11 is 0. The molecule has 1 aliphatic carbocycles. The average molecular weight is 446 g/mol. The van der Waals surface area contributed by atoms with Crippen LogP contribution in [0.3, 0.4) is 0 Å². The van der Waals surface area contributed by atoms with Gasteiger partial charge in [0, 0.05) is 51.4 Å². The number of carbonyl (C=O) groups is 1. The maximum absolute atomic E-state index is 12.8. The zero-order chi connectivity index (χ0) is 23.3. The van der Waals surface area contributed by atoms with Crippen molar-refractivity contribution in [3.8, 4) is 0 Å². The van der Waals surface area contributed by atoms with Crippen LogP contribution < -0.4 is 5.32 Å². The molecule has 1 saturated heterocycles. The Morgan fingerprint density at radius 1 is 1.22 bits per heavy atom. The molecule has 32 heavy (non-hydrogen) atoms. The Labute approximate surface area is 190 Å². The van der Waals surface area contributed by atoms with E-state index in [1.165, 1.54) is 25.0 Å². The van der Waals surface area contributed by atoms with Crippen molar-refractivity contribution in [3.05, 3.63) is 39.9 Å². The van der Waals surface area contributed by atoms with Gasteiger partial charge in [-0.05, 0) is 57.9 Å². The number of nitro benzene ring substituents is 1. The zero-order valence-electron chi connectivity index (χ0n) is 19.5. The van der Waals surface area contributed by atoms with E-state index < -0.39 is 10.5 Å². The summed E-state index contributed by atoms with van der Waals surface area (Å²) in [7, 11) is 1.75. The molecule has 9 nitrogen and oxygen atoms in total. The molecule has 1 aromatic rings. The zero-order valence-corrected chi connectivity index (χ0v) is 19.5. The molecular weight excluding hydrogens is 410 g/mol. The van der Waals surface area contributed by atoms with Crippen molar-refractivity contribution in [2.24, 2.45) is 10.9 Å². The van der Waals surface area contributed by atoms with Crippen LogP contribution in [0.4, 0.5) is 10.5 Å². The van der Waals surface area contributed by atoms with Crippen LogP contribution in [0.2, 0.25) is 0 Å². The Morgan fingerprint density at radius 3 is 2.34 bits per heavy atom. The number of guanidine groups is 1. The van der Waals surface area contributed by atoms with E-state index in [4.69, 9.17) is 4.74 Å². The number of nitro groups is 1. The smallest absolute Gasteiger partial charge is 0.410 e. The van der Waals surface area contributed by atoms with E-state index in [0.29, 0.717) is 12.5 Å². The number of hydrogen-bond donors (Lipinski definition) is 1. The fraction of sp³-hybridized carbons (Fsp3) is 0.652. The normalized spacial score (nSPS) is 17.8. The topological polar surface area (TPSA) is 100 Å². The molecule has 2 fully saturated rings. The average Bonchev–Trinajstić information content (AvgIpc) is 3.56. The Bertz CT molecular complexity index is 822. The van der Waals surface area contributed by atoms with E-state index in [0.717, 1.165) is 44.0 Å². The molecule has 1 saturated carbocycles. The summed E-state index contributed by atoms with van der Waals surface area (Å²) in [6.45, 7) is 8.64. The highest BCUT2D eigenvalue weighted by Crippen LogP contribution is 2.32. The molecule has 1 amide bonds. The number of non-ortho nitro benzene ring substituents is 1. The van der Waals surface area contributed by atoms with E-state index in [1.54, 1.807) is 19.2 Å². The van der Waals surface area contributed by atoms with Crippen LogP contribution in [0.5, 0.6) is 0 Å². The summed E-state index contributed by atoms with van der Waals surface area (Å²) < 4.78 is 5.68. The molecule has 1 heterocycles. The van der Waals surface area contributed by atoms with E-state index >= 15 is 0 Å². The molecule has 0 bridgehead atoms. The summed E-state index contributed by atoms with van der Waals surface area (Å²) in [5.74, 6) is 1.41. The Kier molecular flexibility index (Phi) is 7.58. The monoisotopic (exact) mass is 445 g/mol. The number of benzene rings is 1. The number of amides is 1. The lowest BCUT2D eigenvalue weighted by molar-refractivity contribution is -0.384. The first-order valence-corrected chi connectivity index (χ1v) is 11.3. The van der Waals surface area contributed by atoms with Crippen molar-refractivity contribution in [2.75, 3.05) is 26.7 Å². The molecule has 2 aliphatic rings. The maximum atomic E-state index is 12.8. The predicted molar refractivity (Wildman–Crippen MR) is 124 cm³/mol. The van der Waals surface area contributed by atoms with Crippen LogP contribution in [-0.2, 0) is 11.3 Å². The number of piperidine rings is 1. The standard InChI is InChI=1S/C23H35N5O4/c1-23(2,3)32-22(29)27(16-18-5-6-18)19-11-13-26(14-12-19)21(24-4)25-15-17-7-9-20(10-8-17)28(30)31/h7-10,18-19H,5-6,11-16H2,1-4H3,(H,24,25). The van der Waals surface area contributed by atoms with E-state index in [-0.39, 0.29) is 17.8 Å². The number of nitrogens with zero attached hydrogens (tertiary/aromatic N) is 4. The lowest BCUT2D eigenvalue weighted by Crippen LogP contribution is -2.52. The van der Waals surface area contributed by atoms with Gasteiger partial charge in [0.15, 0.2) is 5.96 Å². The summed E-state index contributed by atoms with van der Waals surface area (Å²) in [6.07, 6.45) is 3.91. The van der Waals surface area contributed by atoms with Crippen LogP contribution in [0, 0.1) is 16.0 Å². The second-order valence-electron chi connectivity index (χ2n) is 9.62. The Morgan fingerprint density at radius 2 is 1.84 bits per heavy atom. The first kappa shape index (κ1) is 23.8. The third-order valence-electron chi connectivity index (χ3n) is 5.79. The molecule has 0 radical (unpaired) electrons. The molecule has 0 spiro atoms. The highest BCUT2D eigenvalue weighted by molar-refractivity contribution is 5.80. The fourth-order valence-corrected chi connectivity index (χ4v) is 3.91. The lowest BCUT2D eigenvalue weighted by Gasteiger charge is -2.40. The lowest BCUT2D eigenvalue weighted by atomic mass is 10.0. The molecule has 0 aromatic heterocycles. The molecule has 0 unspecified atom stereocenters. The van der Waals surface area contributed by atoms with Crippen molar-refractivity contribution in [2.45, 2.75) is 64.6 Å². The largest absolute Gasteiger partial charge is 0.444 e. The molecule has 1 N–H and O–H groups in total. The Balaban J connectivity index is 1.53. The molecular formula is C23H35N5O4. The quantitative estimate of drug-likeness (QED) is 0.310. The number of aliphatic imine (C=N–C) groups is 1. The van der Waals surface area contributed by atoms with Crippen molar-refractivity contribution in [3.63, 3.8) is 0 Å². The van der Waals surface area contributed by atoms with Gasteiger partial charge >= 0.3 is 6.09 Å². The van der Waals surface area contributed by atoms with Gasteiger partial charge in [-0.2, -0.15) is 0 Å². The fourth-order valence-electron chi connectivity index (χ4n) is 3.91. The molecule has 1 aliphatic heterocycles. The molecule has 1 aromatic carbocycles. The minimum Gasteiger partial charge on any atom is -0.444 e. The van der Waals surface area contributed by atoms with Gasteiger partial charge in [-0.15, -0.1) is 0 Å². The number of ether oxygens (including phenoxy) is 1. The van der Waals surface area contributed by atoms with Gasteiger partial charge in [0.1, 0.15) is 5.60 Å². The van der Waals surface area contributed by atoms with Crippen molar-refractivity contribution < 1.29 is 14.5 Å². The number of likely N-dealkylation sites (tertiary alicyclic amines) is 1. The van der Waals surface area contributed by atoms with Gasteiger partial charge in [-0.3, -0.25) is 15.1 Å². The van der Waals surface area contributed by atoms with Gasteiger partial charge in [0.2, 0.25) is 0 Å². The van der Waals surface area contributed by atoms with Gasteiger partial charge in [-0.25, -0.2) is 4.79 Å². The minimum absolute atomic E-state index is 0.0842. The van der Waals surface area contributed by atoms with Crippen molar-refractivity contribution in [1.29, 1.82) is 0 Å². The van der Waals surface area contributed by atoms with Gasteiger partial charge in [0.05, 0.1) is 4.92 Å². The second kappa shape index (κ2) is 10.2. The van der Waals surface area contributed by atoms with Crippen molar-refractivity contribution in [1.82, 2.24) is 15.1 Å². The summed E-state index contributed by atoms with van der Waals surface area (Å²) in [5.41, 5.74) is 0.539. The Hall–Kier alpha value is -2.84. The minimum atomic E-state index is -0.497. The maximum Gasteiger partial charge on any atom is 0.410 e. The summed E-state index contributed by atoms with van der Waals surface area (Å²) in [4.78, 5) is 31.8. The molecule has 9 heteroatoms. The number of hydrogen-bond acceptors (Lipinski definition) is 5. The number of nitrogens with one attached hydrogen (secondary N) is 1. The third kappa shape index (κ3) is 6.83. The molecule has 176 valence electrons. The van der Waals surface area contributed by atoms with Crippen LogP contribution >= 0.6 is 0 Å². The molecule has 3 rings (SSSR count). The highest BCUT2D eigenvalue weighted by Gasteiger charge is 2.35. The van der Waals surface area contributed by atoms with Gasteiger partial charge < -0.3 is 19.9 Å². The second-order valence-corrected chi connectivity index (χ2v) is 9.62. The first-order valence-electron chi connectivity index (χ1n) is 11.3. The van der Waals surface area contributed by atoms with Crippen molar-refractivity contribution >= 4 is 17.7 Å². The van der Waals surface area contributed by atoms with E-state index in [9.17, 15) is 14.9 Å². The first-order chi connectivity index (χ1) is 15.2. The molecule has 0 atom stereocenters. The van der Waals surface area contributed by atoms with Gasteiger partial charge in [0.25, 0.3) is 5.69 Å². The van der Waals surface area contributed by atoms with E-state index in [1.807, 2.05) is 25.7 Å². The van der Waals surface area contributed by atoms with E-state index in [2.05, 4.69) is 15.2 Å². The number of carbonyl (C=O) groups excluding carboxylic acids is 1.